The lowest BCUT2D eigenvalue weighted by molar-refractivity contribution is 0.171. The number of rotatable bonds is 5. The van der Waals surface area contributed by atoms with Crippen molar-refractivity contribution in [3.63, 3.8) is 0 Å². The Bertz CT molecular complexity index is 616. The van der Waals surface area contributed by atoms with Gasteiger partial charge in [-0.15, -0.1) is 0 Å². The second-order valence-corrected chi connectivity index (χ2v) is 4.87. The molecule has 5 nitrogen and oxygen atoms in total. The van der Waals surface area contributed by atoms with Crippen molar-refractivity contribution in [2.75, 3.05) is 37.4 Å². The van der Waals surface area contributed by atoms with E-state index < -0.39 is 0 Å². The molecule has 0 fully saturated rings. The van der Waals surface area contributed by atoms with Crippen molar-refractivity contribution in [1.82, 2.24) is 4.98 Å². The number of fused-ring (bicyclic) bond motifs is 1. The van der Waals surface area contributed by atoms with Crippen LogP contribution >= 0.6 is 0 Å². The second kappa shape index (κ2) is 6.35. The van der Waals surface area contributed by atoms with Gasteiger partial charge in [-0.25, -0.2) is 0 Å². The predicted octanol–water partition coefficient (Wildman–Crippen LogP) is 2.55. The molecular weight excluding hydrogens is 266 g/mol. The Labute approximate surface area is 124 Å². The molecule has 2 heterocycles. The van der Waals surface area contributed by atoms with Gasteiger partial charge < -0.3 is 20.1 Å². The Hall–Kier alpha value is -2.43. The van der Waals surface area contributed by atoms with Gasteiger partial charge in [-0.2, -0.15) is 0 Å². The smallest absolute Gasteiger partial charge is 0.161 e. The third-order valence-electron chi connectivity index (χ3n) is 3.38. The van der Waals surface area contributed by atoms with Crippen molar-refractivity contribution in [2.45, 2.75) is 6.42 Å². The molecule has 1 aliphatic heterocycles. The average Bonchev–Trinajstić information content (AvgIpc) is 2.55. The molecule has 3 rings (SSSR count). The summed E-state index contributed by atoms with van der Waals surface area (Å²) in [6, 6.07) is 8.15. The summed E-state index contributed by atoms with van der Waals surface area (Å²) < 4.78 is 11.1. The van der Waals surface area contributed by atoms with Crippen LogP contribution in [0.3, 0.4) is 0 Å². The molecule has 5 heteroatoms. The van der Waals surface area contributed by atoms with Crippen molar-refractivity contribution in [1.29, 1.82) is 0 Å². The van der Waals surface area contributed by atoms with Crippen LogP contribution in [0.2, 0.25) is 0 Å². The average molecular weight is 285 g/mol. The maximum absolute atomic E-state index is 5.60. The van der Waals surface area contributed by atoms with E-state index in [-0.39, 0.29) is 0 Å². The molecule has 0 aliphatic carbocycles. The minimum Gasteiger partial charge on any atom is -0.486 e. The molecule has 0 bridgehead atoms. The van der Waals surface area contributed by atoms with Gasteiger partial charge in [0, 0.05) is 13.6 Å². The summed E-state index contributed by atoms with van der Waals surface area (Å²) in [5, 5.41) is 6.45. The van der Waals surface area contributed by atoms with Crippen LogP contribution in [-0.4, -0.2) is 31.8 Å². The van der Waals surface area contributed by atoms with Gasteiger partial charge in [0.2, 0.25) is 0 Å². The summed E-state index contributed by atoms with van der Waals surface area (Å²) >= 11 is 0. The zero-order chi connectivity index (χ0) is 14.5. The number of pyridine rings is 1. The minimum atomic E-state index is 0.622. The standard InChI is InChI=1S/C16H19N3O2/c1-17-13-9-14(11-18-10-13)19-5-4-12-2-3-15-16(8-12)21-7-6-20-15/h2-3,8-11,17,19H,4-7H2,1H3. The molecule has 0 spiro atoms. The van der Waals surface area contributed by atoms with E-state index in [0.717, 1.165) is 35.8 Å². The fourth-order valence-electron chi connectivity index (χ4n) is 2.27. The molecule has 2 aromatic rings. The zero-order valence-corrected chi connectivity index (χ0v) is 12.1. The highest BCUT2D eigenvalue weighted by molar-refractivity contribution is 5.53. The predicted molar refractivity (Wildman–Crippen MR) is 83.4 cm³/mol. The summed E-state index contributed by atoms with van der Waals surface area (Å²) in [6.07, 6.45) is 4.54. The molecule has 0 unspecified atom stereocenters. The van der Waals surface area contributed by atoms with Crippen molar-refractivity contribution in [3.05, 3.63) is 42.2 Å². The molecule has 1 aromatic carbocycles. The van der Waals surface area contributed by atoms with Crippen LogP contribution in [-0.2, 0) is 6.42 Å². The molecular formula is C16H19N3O2. The molecule has 0 saturated heterocycles. The van der Waals surface area contributed by atoms with E-state index >= 15 is 0 Å². The lowest BCUT2D eigenvalue weighted by Gasteiger charge is -2.19. The molecule has 0 radical (unpaired) electrons. The van der Waals surface area contributed by atoms with Crippen molar-refractivity contribution >= 4 is 11.4 Å². The summed E-state index contributed by atoms with van der Waals surface area (Å²) in [5.74, 6) is 1.68. The van der Waals surface area contributed by atoms with E-state index in [9.17, 15) is 0 Å². The highest BCUT2D eigenvalue weighted by Crippen LogP contribution is 2.30. The summed E-state index contributed by atoms with van der Waals surface area (Å²) in [6.45, 7) is 2.09. The van der Waals surface area contributed by atoms with E-state index in [0.29, 0.717) is 13.2 Å². The number of hydrogen-bond donors (Lipinski definition) is 2. The van der Waals surface area contributed by atoms with Crippen LogP contribution in [0.15, 0.2) is 36.7 Å². The van der Waals surface area contributed by atoms with Gasteiger partial charge in [0.05, 0.1) is 23.8 Å². The van der Waals surface area contributed by atoms with Crippen LogP contribution in [0.1, 0.15) is 5.56 Å². The Morgan fingerprint density at radius 1 is 1.05 bits per heavy atom. The Morgan fingerprint density at radius 2 is 1.86 bits per heavy atom. The molecule has 1 aromatic heterocycles. The summed E-state index contributed by atoms with van der Waals surface area (Å²) in [5.41, 5.74) is 3.24. The Kier molecular flexibility index (Phi) is 4.09. The van der Waals surface area contributed by atoms with Gasteiger partial charge in [0.25, 0.3) is 0 Å². The molecule has 0 amide bonds. The maximum atomic E-state index is 5.60. The van der Waals surface area contributed by atoms with E-state index in [1.54, 1.807) is 6.20 Å². The van der Waals surface area contributed by atoms with Crippen LogP contribution < -0.4 is 20.1 Å². The van der Waals surface area contributed by atoms with Crippen molar-refractivity contribution in [2.24, 2.45) is 0 Å². The van der Waals surface area contributed by atoms with E-state index in [1.807, 2.05) is 25.4 Å². The van der Waals surface area contributed by atoms with Gasteiger partial charge in [0.1, 0.15) is 13.2 Å². The number of nitrogens with one attached hydrogen (secondary N) is 2. The van der Waals surface area contributed by atoms with E-state index in [2.05, 4.69) is 27.8 Å². The van der Waals surface area contributed by atoms with Crippen LogP contribution in [0.4, 0.5) is 11.4 Å². The first-order chi connectivity index (χ1) is 10.3. The molecule has 1 aliphatic rings. The van der Waals surface area contributed by atoms with Gasteiger partial charge in [0.15, 0.2) is 11.5 Å². The number of anilines is 2. The SMILES string of the molecule is CNc1cncc(NCCc2ccc3c(c2)OCCO3)c1. The quantitative estimate of drug-likeness (QED) is 0.884. The van der Waals surface area contributed by atoms with Crippen molar-refractivity contribution in [3.8, 4) is 11.5 Å². The second-order valence-electron chi connectivity index (χ2n) is 4.87. The fraction of sp³-hybridized carbons (Fsp3) is 0.312. The Balaban J connectivity index is 1.57. The monoisotopic (exact) mass is 285 g/mol. The van der Waals surface area contributed by atoms with Gasteiger partial charge in [-0.3, -0.25) is 4.98 Å². The van der Waals surface area contributed by atoms with Crippen LogP contribution in [0.25, 0.3) is 0 Å². The highest BCUT2D eigenvalue weighted by Gasteiger charge is 2.11. The first-order valence-electron chi connectivity index (χ1n) is 7.10. The summed E-state index contributed by atoms with van der Waals surface area (Å²) in [7, 11) is 1.88. The van der Waals surface area contributed by atoms with Crippen molar-refractivity contribution < 1.29 is 9.47 Å². The molecule has 21 heavy (non-hydrogen) atoms. The number of nitrogens with zero attached hydrogens (tertiary/aromatic N) is 1. The number of aromatic nitrogens is 1. The van der Waals surface area contributed by atoms with Gasteiger partial charge in [-0.05, 0) is 30.2 Å². The van der Waals surface area contributed by atoms with Crippen LogP contribution in [0, 0.1) is 0 Å². The molecule has 2 N–H and O–H groups in total. The zero-order valence-electron chi connectivity index (χ0n) is 12.1. The third-order valence-corrected chi connectivity index (χ3v) is 3.38. The maximum Gasteiger partial charge on any atom is 0.161 e. The lowest BCUT2D eigenvalue weighted by Crippen LogP contribution is -2.15. The number of benzene rings is 1. The highest BCUT2D eigenvalue weighted by atomic mass is 16.6. The molecule has 0 saturated carbocycles. The van der Waals surface area contributed by atoms with E-state index in [1.165, 1.54) is 5.56 Å². The van der Waals surface area contributed by atoms with Gasteiger partial charge in [-0.1, -0.05) is 6.07 Å². The fourth-order valence-corrected chi connectivity index (χ4v) is 2.27. The number of ether oxygens (including phenoxy) is 2. The third kappa shape index (κ3) is 3.37. The largest absolute Gasteiger partial charge is 0.486 e. The lowest BCUT2D eigenvalue weighted by atomic mass is 10.1. The van der Waals surface area contributed by atoms with Gasteiger partial charge >= 0.3 is 0 Å². The summed E-state index contributed by atoms with van der Waals surface area (Å²) in [4.78, 5) is 4.18. The first-order valence-corrected chi connectivity index (χ1v) is 7.10. The van der Waals surface area contributed by atoms with Crippen LogP contribution in [0.5, 0.6) is 11.5 Å². The normalized spacial score (nSPS) is 12.8. The molecule has 110 valence electrons. The first kappa shape index (κ1) is 13.5. The number of hydrogen-bond acceptors (Lipinski definition) is 5. The molecule has 0 atom stereocenters. The minimum absolute atomic E-state index is 0.622. The van der Waals surface area contributed by atoms with E-state index in [4.69, 9.17) is 9.47 Å². The Morgan fingerprint density at radius 3 is 2.71 bits per heavy atom. The topological polar surface area (TPSA) is 55.4 Å².